The van der Waals surface area contributed by atoms with Crippen LogP contribution in [0, 0.1) is 0 Å². The molecule has 0 spiro atoms. The third-order valence-corrected chi connectivity index (χ3v) is 2.15. The summed E-state index contributed by atoms with van der Waals surface area (Å²) in [5.41, 5.74) is 0.667. The minimum absolute atomic E-state index is 0.333. The number of carbonyl (C=O) groups excluding carboxylic acids is 2. The van der Waals surface area contributed by atoms with Gasteiger partial charge in [-0.3, -0.25) is 9.59 Å². The molecule has 0 radical (unpaired) electrons. The number of anilines is 2. The second kappa shape index (κ2) is 8.00. The van der Waals surface area contributed by atoms with Crippen molar-refractivity contribution in [2.45, 2.75) is 0 Å². The molecule has 0 aliphatic rings. The molecule has 2 amide bonds. The van der Waals surface area contributed by atoms with Crippen LogP contribution in [0.1, 0.15) is 0 Å². The van der Waals surface area contributed by atoms with Crippen LogP contribution < -0.4 is 10.6 Å². The van der Waals surface area contributed by atoms with Gasteiger partial charge in [0.25, 0.3) is 0 Å². The fraction of sp³-hybridized carbons (Fsp3) is 0. The lowest BCUT2D eigenvalue weighted by Gasteiger charge is -2.06. The Balaban J connectivity index is 2.70. The molecule has 0 heterocycles. The molecule has 22 heavy (non-hydrogen) atoms. The second-order valence-electron chi connectivity index (χ2n) is 3.90. The number of aliphatic carboxylic acids is 2. The summed E-state index contributed by atoms with van der Waals surface area (Å²) in [4.78, 5) is 43.4. The molecule has 0 saturated heterocycles. The number of benzene rings is 1. The smallest absolute Gasteiger partial charge is 0.328 e. The number of hydrogen-bond donors (Lipinski definition) is 4. The lowest BCUT2D eigenvalue weighted by molar-refractivity contribution is -0.132. The van der Waals surface area contributed by atoms with Crippen molar-refractivity contribution in [2.75, 3.05) is 10.6 Å². The predicted molar refractivity (Wildman–Crippen MR) is 77.3 cm³/mol. The lowest BCUT2D eigenvalue weighted by atomic mass is 10.2. The third kappa shape index (κ3) is 6.66. The highest BCUT2D eigenvalue weighted by molar-refractivity contribution is 6.04. The maximum Gasteiger partial charge on any atom is 0.328 e. The quantitative estimate of drug-likeness (QED) is 0.576. The molecule has 8 heteroatoms. The number of carbonyl (C=O) groups is 4. The van der Waals surface area contributed by atoms with Crippen LogP contribution in [0.3, 0.4) is 0 Å². The summed E-state index contributed by atoms with van der Waals surface area (Å²) < 4.78 is 0. The minimum Gasteiger partial charge on any atom is -0.478 e. The van der Waals surface area contributed by atoms with E-state index in [-0.39, 0.29) is 0 Å². The maximum atomic E-state index is 11.4. The van der Waals surface area contributed by atoms with Crippen molar-refractivity contribution >= 4 is 35.1 Å². The Morgan fingerprint density at radius 1 is 0.773 bits per heavy atom. The zero-order chi connectivity index (χ0) is 16.5. The zero-order valence-electron chi connectivity index (χ0n) is 11.1. The second-order valence-corrected chi connectivity index (χ2v) is 3.90. The van der Waals surface area contributed by atoms with Crippen molar-refractivity contribution in [2.24, 2.45) is 0 Å². The molecule has 0 aliphatic carbocycles. The Kier molecular flexibility index (Phi) is 6.05. The van der Waals surface area contributed by atoms with E-state index < -0.39 is 23.8 Å². The summed E-state index contributed by atoms with van der Waals surface area (Å²) in [6.07, 6.45) is 3.09. The molecule has 0 bridgehead atoms. The normalized spacial score (nSPS) is 10.5. The van der Waals surface area contributed by atoms with Crippen molar-refractivity contribution in [1.82, 2.24) is 0 Å². The van der Waals surface area contributed by atoms with Gasteiger partial charge in [-0.2, -0.15) is 0 Å². The van der Waals surface area contributed by atoms with Gasteiger partial charge in [0.05, 0.1) is 0 Å². The van der Waals surface area contributed by atoms with Gasteiger partial charge in [-0.25, -0.2) is 9.59 Å². The van der Waals surface area contributed by atoms with Gasteiger partial charge < -0.3 is 20.8 Å². The van der Waals surface area contributed by atoms with Crippen LogP contribution in [0.5, 0.6) is 0 Å². The van der Waals surface area contributed by atoms with Gasteiger partial charge in [-0.15, -0.1) is 0 Å². The van der Waals surface area contributed by atoms with E-state index in [9.17, 15) is 19.2 Å². The van der Waals surface area contributed by atoms with Gasteiger partial charge in [0.1, 0.15) is 0 Å². The number of carboxylic acids is 2. The summed E-state index contributed by atoms with van der Waals surface area (Å²) in [5, 5.41) is 21.6. The summed E-state index contributed by atoms with van der Waals surface area (Å²) in [6, 6.07) is 6.05. The fourth-order valence-electron chi connectivity index (χ4n) is 1.34. The average molecular weight is 304 g/mol. The summed E-state index contributed by atoms with van der Waals surface area (Å²) in [6.45, 7) is 0. The van der Waals surface area contributed by atoms with E-state index in [1.165, 1.54) is 18.2 Å². The Morgan fingerprint density at radius 3 is 1.55 bits per heavy atom. The number of rotatable bonds is 6. The van der Waals surface area contributed by atoms with Gasteiger partial charge >= 0.3 is 11.9 Å². The van der Waals surface area contributed by atoms with Gasteiger partial charge in [0.2, 0.25) is 11.8 Å². The Labute approximate surface area is 124 Å². The summed E-state index contributed by atoms with van der Waals surface area (Å²) in [7, 11) is 0. The van der Waals surface area contributed by atoms with E-state index in [0.717, 1.165) is 12.2 Å². The van der Waals surface area contributed by atoms with Crippen LogP contribution in [-0.2, 0) is 19.2 Å². The predicted octanol–water partition coefficient (Wildman–Crippen LogP) is 0.845. The van der Waals surface area contributed by atoms with Gasteiger partial charge in [-0.05, 0) is 18.2 Å². The van der Waals surface area contributed by atoms with Crippen molar-refractivity contribution in [3.63, 3.8) is 0 Å². The van der Waals surface area contributed by atoms with Crippen LogP contribution in [0.2, 0.25) is 0 Å². The molecule has 0 aromatic heterocycles. The standard InChI is InChI=1S/C14H12N2O6/c17-11(4-6-13(19)20)15-9-2-1-3-10(8-9)16-12(18)5-7-14(21)22/h1-8H,(H,15,17)(H,16,18)(H,19,20)(H,21,22). The van der Waals surface area contributed by atoms with Crippen LogP contribution in [0.25, 0.3) is 0 Å². The molecule has 0 saturated carbocycles. The van der Waals surface area contributed by atoms with Gasteiger partial charge in [-0.1, -0.05) is 6.07 Å². The monoisotopic (exact) mass is 304 g/mol. The topological polar surface area (TPSA) is 133 Å². The number of carboxylic acid groups (broad SMARTS) is 2. The molecule has 4 N–H and O–H groups in total. The summed E-state index contributed by atoms with van der Waals surface area (Å²) in [5.74, 6) is -3.78. The zero-order valence-corrected chi connectivity index (χ0v) is 11.1. The molecule has 1 rings (SSSR count). The molecule has 0 fully saturated rings. The first-order valence-electron chi connectivity index (χ1n) is 5.91. The van der Waals surface area contributed by atoms with E-state index in [1.54, 1.807) is 6.07 Å². The lowest BCUT2D eigenvalue weighted by Crippen LogP contribution is -2.11. The molecule has 8 nitrogen and oxygen atoms in total. The van der Waals surface area contributed by atoms with E-state index >= 15 is 0 Å². The molecule has 114 valence electrons. The minimum atomic E-state index is -1.25. The number of hydrogen-bond acceptors (Lipinski definition) is 4. The Bertz CT molecular complexity index is 610. The van der Waals surface area contributed by atoms with Crippen LogP contribution in [-0.4, -0.2) is 34.0 Å². The van der Waals surface area contributed by atoms with Crippen molar-refractivity contribution in [3.05, 3.63) is 48.6 Å². The van der Waals surface area contributed by atoms with Gasteiger partial charge in [0, 0.05) is 35.7 Å². The van der Waals surface area contributed by atoms with Crippen molar-refractivity contribution in [1.29, 1.82) is 0 Å². The Hall–Kier alpha value is -3.42. The van der Waals surface area contributed by atoms with Crippen LogP contribution in [0.15, 0.2) is 48.6 Å². The van der Waals surface area contributed by atoms with Crippen LogP contribution >= 0.6 is 0 Å². The molecule has 1 aromatic rings. The SMILES string of the molecule is O=C(O)C=CC(=O)Nc1cccc(NC(=O)C=CC(=O)O)c1. The van der Waals surface area contributed by atoms with Crippen molar-refractivity contribution < 1.29 is 29.4 Å². The third-order valence-electron chi connectivity index (χ3n) is 2.15. The first kappa shape index (κ1) is 16.6. The van der Waals surface area contributed by atoms with E-state index in [2.05, 4.69) is 10.6 Å². The highest BCUT2D eigenvalue weighted by Crippen LogP contribution is 2.15. The fourth-order valence-corrected chi connectivity index (χ4v) is 1.34. The molecular formula is C14H12N2O6. The molecule has 0 atom stereocenters. The Morgan fingerprint density at radius 2 is 1.18 bits per heavy atom. The van der Waals surface area contributed by atoms with E-state index in [1.807, 2.05) is 0 Å². The maximum absolute atomic E-state index is 11.4. The number of amides is 2. The van der Waals surface area contributed by atoms with Crippen LogP contribution in [0.4, 0.5) is 11.4 Å². The average Bonchev–Trinajstić information content (AvgIpc) is 2.43. The highest BCUT2D eigenvalue weighted by Gasteiger charge is 2.02. The van der Waals surface area contributed by atoms with E-state index in [0.29, 0.717) is 23.5 Å². The first-order chi connectivity index (χ1) is 10.4. The highest BCUT2D eigenvalue weighted by atomic mass is 16.4. The number of nitrogens with one attached hydrogen (secondary N) is 2. The van der Waals surface area contributed by atoms with Gasteiger partial charge in [0.15, 0.2) is 0 Å². The summed E-state index contributed by atoms with van der Waals surface area (Å²) >= 11 is 0. The molecular weight excluding hydrogens is 292 g/mol. The molecule has 1 aromatic carbocycles. The first-order valence-corrected chi connectivity index (χ1v) is 5.91. The van der Waals surface area contributed by atoms with Crippen molar-refractivity contribution in [3.8, 4) is 0 Å². The molecule has 0 unspecified atom stereocenters. The largest absolute Gasteiger partial charge is 0.478 e. The molecule has 0 aliphatic heterocycles. The van der Waals surface area contributed by atoms with E-state index in [4.69, 9.17) is 10.2 Å².